The van der Waals surface area contributed by atoms with Crippen LogP contribution >= 0.6 is 0 Å². The number of methoxy groups -OCH3 is 1. The topological polar surface area (TPSA) is 117 Å². The predicted octanol–water partition coefficient (Wildman–Crippen LogP) is -0.378. The molecule has 9 heteroatoms. The molecule has 1 spiro atoms. The highest BCUT2D eigenvalue weighted by molar-refractivity contribution is 6.12. The van der Waals surface area contributed by atoms with Crippen LogP contribution < -0.4 is 4.90 Å². The van der Waals surface area contributed by atoms with Gasteiger partial charge >= 0.3 is 5.97 Å². The molecule has 1 aromatic carbocycles. The monoisotopic (exact) mass is 414 g/mol. The number of ether oxygens (including phenoxy) is 2. The molecule has 3 fully saturated rings. The highest BCUT2D eigenvalue weighted by Crippen LogP contribution is 2.79. The van der Waals surface area contributed by atoms with Crippen LogP contribution in [-0.4, -0.2) is 64.1 Å². The molecule has 1 aromatic rings. The minimum absolute atomic E-state index is 0.305. The smallest absolute Gasteiger partial charge is 0.321 e. The van der Waals surface area contributed by atoms with E-state index in [0.29, 0.717) is 17.7 Å². The van der Waals surface area contributed by atoms with Crippen LogP contribution in [0.3, 0.4) is 0 Å². The Morgan fingerprint density at radius 2 is 1.97 bits per heavy atom. The molecule has 4 aliphatic heterocycles. The minimum atomic E-state index is -2.45. The second-order valence-electron chi connectivity index (χ2n) is 9.53. The molecule has 0 unspecified atom stereocenters. The summed E-state index contributed by atoms with van der Waals surface area (Å²) >= 11 is 0. The van der Waals surface area contributed by atoms with Crippen molar-refractivity contribution in [2.24, 2.45) is 11.3 Å². The lowest BCUT2D eigenvalue weighted by Crippen LogP contribution is -2.68. The van der Waals surface area contributed by atoms with Gasteiger partial charge < -0.3 is 29.5 Å². The normalized spacial score (nSPS) is 43.9. The molecule has 9 nitrogen and oxygen atoms in total. The van der Waals surface area contributed by atoms with Gasteiger partial charge in [-0.15, -0.1) is 0 Å². The summed E-state index contributed by atoms with van der Waals surface area (Å²) in [7, 11) is 2.74. The van der Waals surface area contributed by atoms with E-state index in [1.807, 2.05) is 12.1 Å². The number of nitrogens with zero attached hydrogens (tertiary/aromatic N) is 2. The van der Waals surface area contributed by atoms with Gasteiger partial charge in [0.2, 0.25) is 17.4 Å². The molecule has 158 valence electrons. The van der Waals surface area contributed by atoms with E-state index < -0.39 is 58.2 Å². The first kappa shape index (κ1) is 18.3. The first-order valence-corrected chi connectivity index (χ1v) is 9.94. The number of aliphatic hydroxyl groups is 2. The van der Waals surface area contributed by atoms with E-state index in [1.54, 1.807) is 27.0 Å². The molecule has 0 aromatic heterocycles. The first-order valence-electron chi connectivity index (χ1n) is 9.94. The Morgan fingerprint density at radius 3 is 2.63 bits per heavy atom. The lowest BCUT2D eigenvalue weighted by molar-refractivity contribution is -0.288. The largest absolute Gasteiger partial charge is 0.468 e. The fourth-order valence-corrected chi connectivity index (χ4v) is 7.41. The van der Waals surface area contributed by atoms with Crippen molar-refractivity contribution in [1.82, 2.24) is 4.90 Å². The third-order valence-corrected chi connectivity index (χ3v) is 8.27. The number of anilines is 1. The highest BCUT2D eigenvalue weighted by atomic mass is 16.7. The summed E-state index contributed by atoms with van der Waals surface area (Å²) in [6.07, 6.45) is -0.256. The van der Waals surface area contributed by atoms with Crippen molar-refractivity contribution in [2.45, 2.75) is 49.3 Å². The Labute approximate surface area is 172 Å². The number of hydrogen-bond donors (Lipinski definition) is 2. The fourth-order valence-electron chi connectivity index (χ4n) is 7.41. The molecule has 0 bridgehead atoms. The SMILES string of the molecule is COC(=O)[C@]12[C@@H]3Cc4cccc5c4[C@]1(O[C@@]1(O)CC(=O)N(C3(C)C)[C@@]21O)C(=O)N5C. The van der Waals surface area contributed by atoms with E-state index in [-0.39, 0.29) is 0 Å². The van der Waals surface area contributed by atoms with Gasteiger partial charge in [-0.3, -0.25) is 14.4 Å². The van der Waals surface area contributed by atoms with Crippen LogP contribution in [0.1, 0.15) is 31.4 Å². The maximum Gasteiger partial charge on any atom is 0.321 e. The standard InChI is InChI=1S/C21H22N2O7/c1-17(2)12-8-10-6-5-7-11-14(10)20(15(25)22(11)3)19(12,16(26)29-4)21(28)18(27,30-20)9-13(24)23(17)21/h5-7,12,27-28H,8-9H2,1-4H3/t12-,18+,19-,20+,21+/m1/s1. The van der Waals surface area contributed by atoms with E-state index in [9.17, 15) is 24.6 Å². The number of benzene rings is 1. The van der Waals surface area contributed by atoms with Crippen LogP contribution in [0.4, 0.5) is 5.69 Å². The van der Waals surface area contributed by atoms with Gasteiger partial charge in [-0.25, -0.2) is 0 Å². The van der Waals surface area contributed by atoms with Crippen LogP contribution in [0, 0.1) is 11.3 Å². The summed E-state index contributed by atoms with van der Waals surface area (Å²) in [6, 6.07) is 5.41. The molecule has 4 heterocycles. The summed E-state index contributed by atoms with van der Waals surface area (Å²) in [5.41, 5.74) is -5.75. The average molecular weight is 414 g/mol. The van der Waals surface area contributed by atoms with Crippen molar-refractivity contribution >= 4 is 23.5 Å². The molecule has 5 aliphatic rings. The maximum atomic E-state index is 13.8. The van der Waals surface area contributed by atoms with Gasteiger partial charge in [-0.1, -0.05) is 12.1 Å². The minimum Gasteiger partial charge on any atom is -0.468 e. The number of hydrogen-bond acceptors (Lipinski definition) is 7. The zero-order valence-electron chi connectivity index (χ0n) is 17.1. The number of likely N-dealkylation sites (N-methyl/N-ethyl adjacent to an activating group) is 1. The maximum absolute atomic E-state index is 13.8. The molecule has 6 rings (SSSR count). The molecular weight excluding hydrogens is 392 g/mol. The van der Waals surface area contributed by atoms with E-state index in [1.165, 1.54) is 12.0 Å². The summed E-state index contributed by atoms with van der Waals surface area (Å²) in [4.78, 5) is 43.1. The van der Waals surface area contributed by atoms with Crippen molar-refractivity contribution in [3.63, 3.8) is 0 Å². The quantitative estimate of drug-likeness (QED) is 0.602. The van der Waals surface area contributed by atoms with Gasteiger partial charge in [0.05, 0.1) is 19.2 Å². The zero-order chi connectivity index (χ0) is 21.6. The van der Waals surface area contributed by atoms with Crippen molar-refractivity contribution in [3.8, 4) is 0 Å². The fraction of sp³-hybridized carbons (Fsp3) is 0.571. The number of amides is 2. The molecular formula is C21H22N2O7. The number of carbonyl (C=O) groups excluding carboxylic acids is 3. The summed E-state index contributed by atoms with van der Waals surface area (Å²) in [5.74, 6) is -5.17. The lowest BCUT2D eigenvalue weighted by atomic mass is 9.51. The Kier molecular flexibility index (Phi) is 2.78. The van der Waals surface area contributed by atoms with Gasteiger partial charge in [0.25, 0.3) is 5.91 Å². The molecule has 0 saturated carbocycles. The molecule has 3 saturated heterocycles. The van der Waals surface area contributed by atoms with Gasteiger partial charge in [0.15, 0.2) is 11.0 Å². The van der Waals surface area contributed by atoms with Gasteiger partial charge in [0, 0.05) is 24.1 Å². The van der Waals surface area contributed by atoms with Crippen molar-refractivity contribution < 1.29 is 34.1 Å². The Bertz CT molecular complexity index is 1100. The number of rotatable bonds is 1. The van der Waals surface area contributed by atoms with E-state index >= 15 is 0 Å². The zero-order valence-corrected chi connectivity index (χ0v) is 17.1. The molecule has 1 aliphatic carbocycles. The Hall–Kier alpha value is -2.49. The number of esters is 1. The van der Waals surface area contributed by atoms with Crippen LogP contribution in [0.15, 0.2) is 18.2 Å². The predicted molar refractivity (Wildman–Crippen MR) is 99.7 cm³/mol. The molecule has 0 radical (unpaired) electrons. The van der Waals surface area contributed by atoms with Crippen LogP contribution in [0.25, 0.3) is 0 Å². The first-order chi connectivity index (χ1) is 14.0. The molecule has 2 amide bonds. The van der Waals surface area contributed by atoms with Gasteiger partial charge in [0.1, 0.15) is 0 Å². The summed E-state index contributed by atoms with van der Waals surface area (Å²) < 4.78 is 11.3. The van der Waals surface area contributed by atoms with Crippen molar-refractivity contribution in [2.75, 3.05) is 19.1 Å². The second-order valence-corrected chi connectivity index (χ2v) is 9.53. The molecule has 30 heavy (non-hydrogen) atoms. The third-order valence-electron chi connectivity index (χ3n) is 8.27. The van der Waals surface area contributed by atoms with Crippen LogP contribution in [0.5, 0.6) is 0 Å². The van der Waals surface area contributed by atoms with Crippen molar-refractivity contribution in [1.29, 1.82) is 0 Å². The highest BCUT2D eigenvalue weighted by Gasteiger charge is 2.98. The molecule has 5 atom stereocenters. The molecule has 2 N–H and O–H groups in total. The van der Waals surface area contributed by atoms with E-state index in [0.717, 1.165) is 10.5 Å². The van der Waals surface area contributed by atoms with Gasteiger partial charge in [-0.2, -0.15) is 0 Å². The Morgan fingerprint density at radius 1 is 1.27 bits per heavy atom. The summed E-state index contributed by atoms with van der Waals surface area (Å²) in [5, 5.41) is 23.7. The second kappa shape index (κ2) is 4.56. The summed E-state index contributed by atoms with van der Waals surface area (Å²) in [6.45, 7) is 3.49. The number of carbonyl (C=O) groups is 3. The van der Waals surface area contributed by atoms with Crippen LogP contribution in [0.2, 0.25) is 0 Å². The van der Waals surface area contributed by atoms with Crippen LogP contribution in [-0.2, 0) is 35.9 Å². The van der Waals surface area contributed by atoms with Gasteiger partial charge in [-0.05, 0) is 31.9 Å². The average Bonchev–Trinajstić information content (AvgIpc) is 3.17. The van der Waals surface area contributed by atoms with E-state index in [4.69, 9.17) is 9.47 Å². The van der Waals surface area contributed by atoms with E-state index in [2.05, 4.69) is 0 Å². The third kappa shape index (κ3) is 1.28. The van der Waals surface area contributed by atoms with Crippen molar-refractivity contribution in [3.05, 3.63) is 29.3 Å². The lowest BCUT2D eigenvalue weighted by Gasteiger charge is -2.48. The Balaban J connectivity index is 1.85.